The van der Waals surface area contributed by atoms with Crippen molar-refractivity contribution in [2.75, 3.05) is 12.4 Å². The van der Waals surface area contributed by atoms with Crippen molar-refractivity contribution in [1.29, 1.82) is 0 Å². The molecule has 0 bridgehead atoms. The van der Waals surface area contributed by atoms with Gasteiger partial charge in [0.2, 0.25) is 0 Å². The molecule has 1 aliphatic rings. The molecule has 0 radical (unpaired) electrons. The van der Waals surface area contributed by atoms with E-state index in [0.717, 1.165) is 12.8 Å². The first-order chi connectivity index (χ1) is 10.5. The standard InChI is InChI=1S/C16H23NO4S/c1-3-11-22(19,20)15-9-5-4-7-13(15)16(18)17-12(2)14-8-6-10-21-14/h4-5,7,9,12,14H,3,6,8,10-11H2,1-2H3,(H,17,18)/t12-,14+/m0/s1. The summed E-state index contributed by atoms with van der Waals surface area (Å²) in [6, 6.07) is 6.23. The van der Waals surface area contributed by atoms with Gasteiger partial charge in [-0.2, -0.15) is 0 Å². The maximum atomic E-state index is 12.5. The van der Waals surface area contributed by atoms with Crippen LogP contribution in [0.5, 0.6) is 0 Å². The lowest BCUT2D eigenvalue weighted by Crippen LogP contribution is -2.41. The first kappa shape index (κ1) is 17.0. The molecule has 1 heterocycles. The first-order valence-corrected chi connectivity index (χ1v) is 9.35. The number of benzene rings is 1. The van der Waals surface area contributed by atoms with Crippen LogP contribution < -0.4 is 5.32 Å². The summed E-state index contributed by atoms with van der Waals surface area (Å²) in [5.74, 6) is -0.322. The Bertz CT molecular complexity index is 621. The second-order valence-corrected chi connectivity index (χ2v) is 7.71. The zero-order valence-electron chi connectivity index (χ0n) is 13.0. The number of nitrogens with one attached hydrogen (secondary N) is 1. The second-order valence-electron chi connectivity index (χ2n) is 5.63. The maximum Gasteiger partial charge on any atom is 0.252 e. The van der Waals surface area contributed by atoms with Crippen LogP contribution in [0.15, 0.2) is 29.2 Å². The molecule has 1 aromatic rings. The average Bonchev–Trinajstić information content (AvgIpc) is 3.01. The Balaban J connectivity index is 2.19. The Kier molecular flexibility index (Phi) is 5.58. The van der Waals surface area contributed by atoms with Gasteiger partial charge >= 0.3 is 0 Å². The molecule has 1 N–H and O–H groups in total. The smallest absolute Gasteiger partial charge is 0.252 e. The third kappa shape index (κ3) is 3.87. The fourth-order valence-corrected chi connectivity index (χ4v) is 4.22. The van der Waals surface area contributed by atoms with Gasteiger partial charge in [0.05, 0.1) is 28.4 Å². The summed E-state index contributed by atoms with van der Waals surface area (Å²) >= 11 is 0. The van der Waals surface area contributed by atoms with Gasteiger partial charge in [0.25, 0.3) is 5.91 Å². The Hall–Kier alpha value is -1.40. The van der Waals surface area contributed by atoms with Crippen LogP contribution >= 0.6 is 0 Å². The number of carbonyl (C=O) groups is 1. The highest BCUT2D eigenvalue weighted by Gasteiger charge is 2.26. The first-order valence-electron chi connectivity index (χ1n) is 7.70. The lowest BCUT2D eigenvalue weighted by molar-refractivity contribution is 0.0710. The molecule has 6 heteroatoms. The quantitative estimate of drug-likeness (QED) is 0.870. The summed E-state index contributed by atoms with van der Waals surface area (Å²) in [5.41, 5.74) is 0.209. The van der Waals surface area contributed by atoms with Gasteiger partial charge in [0.1, 0.15) is 0 Å². The third-order valence-corrected chi connectivity index (χ3v) is 5.79. The zero-order chi connectivity index (χ0) is 16.2. The minimum Gasteiger partial charge on any atom is -0.376 e. The topological polar surface area (TPSA) is 72.5 Å². The van der Waals surface area contributed by atoms with Crippen LogP contribution in [0.3, 0.4) is 0 Å². The van der Waals surface area contributed by atoms with Crippen LogP contribution in [0.4, 0.5) is 0 Å². The van der Waals surface area contributed by atoms with Crippen LogP contribution in [0, 0.1) is 0 Å². The molecule has 2 rings (SSSR count). The molecular formula is C16H23NO4S. The number of ether oxygens (including phenoxy) is 1. The van der Waals surface area contributed by atoms with E-state index in [-0.39, 0.29) is 34.3 Å². The SMILES string of the molecule is CCCS(=O)(=O)c1ccccc1C(=O)N[C@@H](C)[C@H]1CCCO1. The Morgan fingerprint density at radius 1 is 1.41 bits per heavy atom. The number of amides is 1. The minimum atomic E-state index is -3.43. The van der Waals surface area contributed by atoms with E-state index < -0.39 is 9.84 Å². The van der Waals surface area contributed by atoms with E-state index in [2.05, 4.69) is 5.32 Å². The molecule has 1 saturated heterocycles. The van der Waals surface area contributed by atoms with Crippen LogP contribution in [0.25, 0.3) is 0 Å². The number of carbonyl (C=O) groups excluding carboxylic acids is 1. The molecule has 122 valence electrons. The number of sulfone groups is 1. The van der Waals surface area contributed by atoms with E-state index in [1.54, 1.807) is 25.1 Å². The van der Waals surface area contributed by atoms with Gasteiger partial charge in [-0.25, -0.2) is 8.42 Å². The summed E-state index contributed by atoms with van der Waals surface area (Å²) < 4.78 is 30.1. The number of hydrogen-bond acceptors (Lipinski definition) is 4. The average molecular weight is 325 g/mol. The Labute approximate surface area is 132 Å². The predicted molar refractivity (Wildman–Crippen MR) is 84.7 cm³/mol. The van der Waals surface area contributed by atoms with Crippen molar-refractivity contribution in [3.05, 3.63) is 29.8 Å². The minimum absolute atomic E-state index is 0.00311. The highest BCUT2D eigenvalue weighted by molar-refractivity contribution is 7.91. The monoisotopic (exact) mass is 325 g/mol. The summed E-state index contributed by atoms with van der Waals surface area (Å²) in [6.45, 7) is 4.41. The lowest BCUT2D eigenvalue weighted by Gasteiger charge is -2.20. The van der Waals surface area contributed by atoms with Gasteiger partial charge in [-0.15, -0.1) is 0 Å². The van der Waals surface area contributed by atoms with Crippen LogP contribution in [0.2, 0.25) is 0 Å². The fourth-order valence-electron chi connectivity index (χ4n) is 2.68. The van der Waals surface area contributed by atoms with Crippen molar-refractivity contribution < 1.29 is 17.9 Å². The van der Waals surface area contributed by atoms with Crippen LogP contribution in [0.1, 0.15) is 43.5 Å². The normalized spacial score (nSPS) is 19.8. The lowest BCUT2D eigenvalue weighted by atomic mass is 10.1. The van der Waals surface area contributed by atoms with Gasteiger partial charge in [-0.1, -0.05) is 19.1 Å². The van der Waals surface area contributed by atoms with Gasteiger partial charge in [0, 0.05) is 6.61 Å². The van der Waals surface area contributed by atoms with E-state index in [9.17, 15) is 13.2 Å². The second kappa shape index (κ2) is 7.24. The number of hydrogen-bond donors (Lipinski definition) is 1. The van der Waals surface area contributed by atoms with Gasteiger partial charge in [-0.05, 0) is 38.3 Å². The van der Waals surface area contributed by atoms with E-state index in [0.29, 0.717) is 13.0 Å². The molecule has 2 atom stereocenters. The largest absolute Gasteiger partial charge is 0.376 e. The molecular weight excluding hydrogens is 302 g/mol. The van der Waals surface area contributed by atoms with Crippen molar-refractivity contribution in [2.24, 2.45) is 0 Å². The summed E-state index contributed by atoms with van der Waals surface area (Å²) in [6.07, 6.45) is 2.43. The highest BCUT2D eigenvalue weighted by atomic mass is 32.2. The zero-order valence-corrected chi connectivity index (χ0v) is 13.9. The van der Waals surface area contributed by atoms with Crippen LogP contribution in [-0.2, 0) is 14.6 Å². The summed E-state index contributed by atoms with van der Waals surface area (Å²) in [5, 5.41) is 2.86. The molecule has 5 nitrogen and oxygen atoms in total. The van der Waals surface area contributed by atoms with Crippen molar-refractivity contribution in [3.8, 4) is 0 Å². The molecule has 0 unspecified atom stereocenters. The van der Waals surface area contributed by atoms with Crippen LogP contribution in [-0.4, -0.2) is 38.8 Å². The summed E-state index contributed by atoms with van der Waals surface area (Å²) in [7, 11) is -3.43. The van der Waals surface area contributed by atoms with Crippen molar-refractivity contribution >= 4 is 15.7 Å². The molecule has 1 amide bonds. The van der Waals surface area contributed by atoms with Gasteiger partial charge in [0.15, 0.2) is 9.84 Å². The fraction of sp³-hybridized carbons (Fsp3) is 0.562. The highest BCUT2D eigenvalue weighted by Crippen LogP contribution is 2.19. The van der Waals surface area contributed by atoms with E-state index >= 15 is 0 Å². The maximum absolute atomic E-state index is 12.5. The van der Waals surface area contributed by atoms with Gasteiger partial charge in [-0.3, -0.25) is 4.79 Å². The predicted octanol–water partition coefficient (Wildman–Crippen LogP) is 2.17. The molecule has 0 saturated carbocycles. The molecule has 0 aromatic heterocycles. The molecule has 1 fully saturated rings. The van der Waals surface area contributed by atoms with Crippen molar-refractivity contribution in [1.82, 2.24) is 5.32 Å². The van der Waals surface area contributed by atoms with E-state index in [1.807, 2.05) is 6.92 Å². The molecule has 1 aliphatic heterocycles. The summed E-state index contributed by atoms with van der Waals surface area (Å²) in [4.78, 5) is 12.6. The van der Waals surface area contributed by atoms with Crippen molar-refractivity contribution in [3.63, 3.8) is 0 Å². The molecule has 0 spiro atoms. The third-order valence-electron chi connectivity index (χ3n) is 3.82. The van der Waals surface area contributed by atoms with Crippen molar-refractivity contribution in [2.45, 2.75) is 50.2 Å². The Morgan fingerprint density at radius 3 is 2.77 bits per heavy atom. The molecule has 1 aromatic carbocycles. The van der Waals surface area contributed by atoms with E-state index in [1.165, 1.54) is 6.07 Å². The molecule has 22 heavy (non-hydrogen) atoms. The number of rotatable bonds is 6. The Morgan fingerprint density at radius 2 is 2.14 bits per heavy atom. The van der Waals surface area contributed by atoms with E-state index in [4.69, 9.17) is 4.74 Å². The van der Waals surface area contributed by atoms with Gasteiger partial charge < -0.3 is 10.1 Å². The molecule has 0 aliphatic carbocycles.